The van der Waals surface area contributed by atoms with Gasteiger partial charge < -0.3 is 10.4 Å². The van der Waals surface area contributed by atoms with E-state index in [1.807, 2.05) is 24.3 Å². The number of aromatic carboxylic acids is 1. The number of hydrogen-bond acceptors (Lipinski definition) is 2. The molecule has 3 nitrogen and oxygen atoms in total. The predicted octanol–water partition coefficient (Wildman–Crippen LogP) is 3.90. The summed E-state index contributed by atoms with van der Waals surface area (Å²) >= 11 is 3.35. The standard InChI is InChI=1S/C14H11BrFNO2/c15-11-3-1-2-9(6-11)8-17-13-7-10(14(18)19)4-5-12(13)16/h1-7,17H,8H2,(H,18,19). The summed E-state index contributed by atoms with van der Waals surface area (Å²) in [5.74, 6) is -1.55. The highest BCUT2D eigenvalue weighted by atomic mass is 79.9. The predicted molar refractivity (Wildman–Crippen MR) is 74.8 cm³/mol. The Hall–Kier alpha value is -1.88. The molecule has 0 aliphatic carbocycles. The number of carboxylic acid groups (broad SMARTS) is 1. The first-order valence-electron chi connectivity index (χ1n) is 5.57. The van der Waals surface area contributed by atoms with Crippen molar-refractivity contribution in [2.45, 2.75) is 6.54 Å². The normalized spacial score (nSPS) is 10.2. The molecule has 0 atom stereocenters. The SMILES string of the molecule is O=C(O)c1ccc(F)c(NCc2cccc(Br)c2)c1. The van der Waals surface area contributed by atoms with Gasteiger partial charge in [-0.1, -0.05) is 28.1 Å². The Kier molecular flexibility index (Phi) is 4.16. The second kappa shape index (κ2) is 5.84. The van der Waals surface area contributed by atoms with Crippen molar-refractivity contribution in [1.29, 1.82) is 0 Å². The Labute approximate surface area is 118 Å². The van der Waals surface area contributed by atoms with E-state index in [2.05, 4.69) is 21.2 Å². The Balaban J connectivity index is 2.15. The van der Waals surface area contributed by atoms with Gasteiger partial charge in [-0.3, -0.25) is 0 Å². The molecule has 0 saturated carbocycles. The summed E-state index contributed by atoms with van der Waals surface area (Å²) in [4.78, 5) is 10.8. The minimum Gasteiger partial charge on any atom is -0.478 e. The number of carbonyl (C=O) groups is 1. The molecule has 2 aromatic carbocycles. The molecule has 0 heterocycles. The van der Waals surface area contributed by atoms with Gasteiger partial charge in [-0.05, 0) is 35.9 Å². The number of rotatable bonds is 4. The van der Waals surface area contributed by atoms with Crippen molar-refractivity contribution in [1.82, 2.24) is 0 Å². The van der Waals surface area contributed by atoms with E-state index in [1.54, 1.807) is 0 Å². The highest BCUT2D eigenvalue weighted by Crippen LogP contribution is 2.18. The van der Waals surface area contributed by atoms with Crippen molar-refractivity contribution >= 4 is 27.6 Å². The highest BCUT2D eigenvalue weighted by Gasteiger charge is 2.08. The van der Waals surface area contributed by atoms with Crippen molar-refractivity contribution in [2.24, 2.45) is 0 Å². The number of nitrogens with one attached hydrogen (secondary N) is 1. The summed E-state index contributed by atoms with van der Waals surface area (Å²) in [7, 11) is 0. The zero-order valence-electron chi connectivity index (χ0n) is 9.86. The number of benzene rings is 2. The van der Waals surface area contributed by atoms with Crippen LogP contribution in [0.5, 0.6) is 0 Å². The third-order valence-electron chi connectivity index (χ3n) is 2.59. The molecule has 0 amide bonds. The van der Waals surface area contributed by atoms with Crippen molar-refractivity contribution < 1.29 is 14.3 Å². The maximum Gasteiger partial charge on any atom is 0.335 e. The lowest BCUT2D eigenvalue weighted by Gasteiger charge is -2.09. The fourth-order valence-electron chi connectivity index (χ4n) is 1.64. The summed E-state index contributed by atoms with van der Waals surface area (Å²) in [6.07, 6.45) is 0. The van der Waals surface area contributed by atoms with Gasteiger partial charge in [0.25, 0.3) is 0 Å². The summed E-state index contributed by atoms with van der Waals surface area (Å²) in [6.45, 7) is 0.416. The summed E-state index contributed by atoms with van der Waals surface area (Å²) in [6, 6.07) is 11.3. The number of anilines is 1. The highest BCUT2D eigenvalue weighted by molar-refractivity contribution is 9.10. The molecule has 0 aliphatic heterocycles. The van der Waals surface area contributed by atoms with Gasteiger partial charge >= 0.3 is 5.97 Å². The lowest BCUT2D eigenvalue weighted by atomic mass is 10.1. The van der Waals surface area contributed by atoms with E-state index in [-0.39, 0.29) is 11.3 Å². The molecule has 0 bridgehead atoms. The zero-order chi connectivity index (χ0) is 13.8. The molecule has 0 aromatic heterocycles. The Morgan fingerprint density at radius 1 is 1.26 bits per heavy atom. The van der Waals surface area contributed by atoms with Crippen LogP contribution in [0.2, 0.25) is 0 Å². The van der Waals surface area contributed by atoms with Crippen LogP contribution in [0.15, 0.2) is 46.9 Å². The topological polar surface area (TPSA) is 49.3 Å². The number of carboxylic acids is 1. The molecule has 2 N–H and O–H groups in total. The average molecular weight is 324 g/mol. The van der Waals surface area contributed by atoms with E-state index in [0.717, 1.165) is 16.1 Å². The molecule has 0 aliphatic rings. The van der Waals surface area contributed by atoms with Crippen LogP contribution >= 0.6 is 15.9 Å². The van der Waals surface area contributed by atoms with Gasteiger partial charge in [-0.15, -0.1) is 0 Å². The van der Waals surface area contributed by atoms with E-state index in [9.17, 15) is 9.18 Å². The zero-order valence-corrected chi connectivity index (χ0v) is 11.4. The second-order valence-electron chi connectivity index (χ2n) is 3.98. The molecule has 0 saturated heterocycles. The fraction of sp³-hybridized carbons (Fsp3) is 0.0714. The lowest BCUT2D eigenvalue weighted by Crippen LogP contribution is -2.04. The smallest absolute Gasteiger partial charge is 0.335 e. The number of hydrogen-bond donors (Lipinski definition) is 2. The molecule has 0 fully saturated rings. The van der Waals surface area contributed by atoms with Crippen molar-refractivity contribution in [2.75, 3.05) is 5.32 Å². The van der Waals surface area contributed by atoms with E-state index in [0.29, 0.717) is 6.54 Å². The third kappa shape index (κ3) is 3.54. The average Bonchev–Trinajstić information content (AvgIpc) is 2.37. The van der Waals surface area contributed by atoms with Crippen LogP contribution in [0, 0.1) is 5.82 Å². The quantitative estimate of drug-likeness (QED) is 0.897. The van der Waals surface area contributed by atoms with Crippen molar-refractivity contribution in [3.8, 4) is 0 Å². The van der Waals surface area contributed by atoms with E-state index in [1.165, 1.54) is 12.1 Å². The van der Waals surface area contributed by atoms with Crippen molar-refractivity contribution in [3.05, 3.63) is 63.9 Å². The summed E-state index contributed by atoms with van der Waals surface area (Å²) in [5.41, 5.74) is 1.20. The molecule has 0 radical (unpaired) electrons. The first-order chi connectivity index (χ1) is 9.06. The Morgan fingerprint density at radius 2 is 2.05 bits per heavy atom. The summed E-state index contributed by atoms with van der Waals surface area (Å²) in [5, 5.41) is 11.8. The molecule has 98 valence electrons. The first kappa shape index (κ1) is 13.5. The van der Waals surface area contributed by atoms with Crippen LogP contribution in [-0.2, 0) is 6.54 Å². The Morgan fingerprint density at radius 3 is 2.74 bits per heavy atom. The maximum absolute atomic E-state index is 13.6. The molecule has 0 unspecified atom stereocenters. The molecule has 5 heteroatoms. The van der Waals surface area contributed by atoms with Gasteiger partial charge in [-0.2, -0.15) is 0 Å². The van der Waals surface area contributed by atoms with E-state index >= 15 is 0 Å². The molecule has 2 aromatic rings. The largest absolute Gasteiger partial charge is 0.478 e. The van der Waals surface area contributed by atoms with Gasteiger partial charge in [0.1, 0.15) is 5.82 Å². The molecule has 0 spiro atoms. The van der Waals surface area contributed by atoms with Gasteiger partial charge in [0, 0.05) is 11.0 Å². The third-order valence-corrected chi connectivity index (χ3v) is 3.08. The van der Waals surface area contributed by atoms with Crippen molar-refractivity contribution in [3.63, 3.8) is 0 Å². The van der Waals surface area contributed by atoms with Crippen LogP contribution in [-0.4, -0.2) is 11.1 Å². The van der Waals surface area contributed by atoms with Gasteiger partial charge in [0.15, 0.2) is 0 Å². The molecule has 19 heavy (non-hydrogen) atoms. The first-order valence-corrected chi connectivity index (χ1v) is 6.37. The maximum atomic E-state index is 13.6. The van der Waals surface area contributed by atoms with E-state index in [4.69, 9.17) is 5.11 Å². The van der Waals surface area contributed by atoms with Crippen LogP contribution in [0.25, 0.3) is 0 Å². The summed E-state index contributed by atoms with van der Waals surface area (Å²) < 4.78 is 14.5. The van der Waals surface area contributed by atoms with Crippen LogP contribution in [0.1, 0.15) is 15.9 Å². The molecular formula is C14H11BrFNO2. The monoisotopic (exact) mass is 323 g/mol. The molecular weight excluding hydrogens is 313 g/mol. The lowest BCUT2D eigenvalue weighted by molar-refractivity contribution is 0.0697. The minimum atomic E-state index is -1.08. The van der Waals surface area contributed by atoms with Gasteiger partial charge in [0.05, 0.1) is 11.3 Å². The minimum absolute atomic E-state index is 0.0538. The van der Waals surface area contributed by atoms with E-state index < -0.39 is 11.8 Å². The fourth-order valence-corrected chi connectivity index (χ4v) is 2.08. The molecule has 2 rings (SSSR count). The number of halogens is 2. The van der Waals surface area contributed by atoms with Crippen LogP contribution in [0.3, 0.4) is 0 Å². The van der Waals surface area contributed by atoms with Gasteiger partial charge in [-0.25, -0.2) is 9.18 Å². The van der Waals surface area contributed by atoms with Crippen LogP contribution < -0.4 is 5.32 Å². The van der Waals surface area contributed by atoms with Crippen LogP contribution in [0.4, 0.5) is 10.1 Å². The Bertz CT molecular complexity index is 616. The second-order valence-corrected chi connectivity index (χ2v) is 4.90. The van der Waals surface area contributed by atoms with Gasteiger partial charge in [0.2, 0.25) is 0 Å².